The molecule has 1 saturated carbocycles. The largest absolute Gasteiger partial charge is 0.490 e. The molecule has 276 valence electrons. The molecule has 0 aromatic heterocycles. The normalized spacial score (nSPS) is 30.7. The Kier molecular flexibility index (Phi) is 11.0. The second-order valence-corrected chi connectivity index (χ2v) is 16.0. The number of hydrogen-bond donors (Lipinski definition) is 1. The Labute approximate surface area is 307 Å². The van der Waals surface area contributed by atoms with E-state index in [0.717, 1.165) is 75.5 Å². The summed E-state index contributed by atoms with van der Waals surface area (Å²) in [5, 5.41) is 12.8. The van der Waals surface area contributed by atoms with Crippen LogP contribution in [-0.4, -0.2) is 99.5 Å². The van der Waals surface area contributed by atoms with Crippen LogP contribution in [0.4, 0.5) is 5.69 Å². The van der Waals surface area contributed by atoms with Crippen molar-refractivity contribution in [3.63, 3.8) is 0 Å². The Morgan fingerprint density at radius 3 is 2.71 bits per heavy atom. The highest BCUT2D eigenvalue weighted by molar-refractivity contribution is 6.30. The van der Waals surface area contributed by atoms with Crippen LogP contribution in [0.1, 0.15) is 74.5 Å². The Morgan fingerprint density at radius 2 is 1.92 bits per heavy atom. The maximum absolute atomic E-state index is 13.6. The summed E-state index contributed by atoms with van der Waals surface area (Å²) in [7, 11) is 2.96. The molecule has 1 saturated heterocycles. The number of hydrogen-bond acceptors (Lipinski definition) is 8. The fourth-order valence-electron chi connectivity index (χ4n) is 9.17. The molecule has 0 unspecified atom stereocenters. The number of carbonyl (C=O) groups is 2. The molecule has 5 atom stereocenters. The molecule has 9 nitrogen and oxygen atoms in total. The highest BCUT2D eigenvalue weighted by atomic mass is 35.5. The SMILES string of the molecule is COC(=O)[C@@]1(O)CC(=O)N(C)CC/C=C/[C@H](OCCN2CCCCC2)[C@@H]2CC[C@H]2CN2C[C@@]3(CCCc4cc(Cl)ccc43)COc3ccc1cc32. The van der Waals surface area contributed by atoms with Crippen LogP contribution in [0.15, 0.2) is 48.6 Å². The summed E-state index contributed by atoms with van der Waals surface area (Å²) in [6.07, 6.45) is 13.6. The second-order valence-electron chi connectivity index (χ2n) is 15.6. The summed E-state index contributed by atoms with van der Waals surface area (Å²) in [6, 6.07) is 11.7. The average Bonchev–Trinajstić information content (AvgIpc) is 3.27. The number of esters is 1. The summed E-state index contributed by atoms with van der Waals surface area (Å²) in [4.78, 5) is 33.4. The molecular formula is C41H54ClN3O6. The van der Waals surface area contributed by atoms with E-state index >= 15 is 0 Å². The van der Waals surface area contributed by atoms with Crippen molar-refractivity contribution in [2.75, 3.05) is 71.5 Å². The van der Waals surface area contributed by atoms with Crippen molar-refractivity contribution in [3.05, 3.63) is 70.3 Å². The number of piperidine rings is 1. The van der Waals surface area contributed by atoms with Gasteiger partial charge in [-0.05, 0) is 117 Å². The number of likely N-dealkylation sites (tertiary alicyclic amines) is 1. The van der Waals surface area contributed by atoms with Crippen molar-refractivity contribution >= 4 is 29.2 Å². The van der Waals surface area contributed by atoms with E-state index in [-0.39, 0.29) is 17.4 Å². The van der Waals surface area contributed by atoms with Crippen molar-refractivity contribution in [1.82, 2.24) is 9.80 Å². The number of nitrogens with zero attached hydrogens (tertiary/aromatic N) is 3. The zero-order valence-electron chi connectivity index (χ0n) is 30.3. The molecule has 2 aromatic carbocycles. The van der Waals surface area contributed by atoms with Gasteiger partial charge in [-0.2, -0.15) is 0 Å². The molecule has 5 aliphatic rings. The topological polar surface area (TPSA) is 91.8 Å². The van der Waals surface area contributed by atoms with Crippen molar-refractivity contribution < 1.29 is 28.9 Å². The van der Waals surface area contributed by atoms with E-state index in [2.05, 4.69) is 34.1 Å². The Bertz CT molecular complexity index is 1610. The summed E-state index contributed by atoms with van der Waals surface area (Å²) in [5.41, 5.74) is 1.28. The lowest BCUT2D eigenvalue weighted by molar-refractivity contribution is -0.168. The first-order valence-electron chi connectivity index (χ1n) is 19.1. The van der Waals surface area contributed by atoms with E-state index < -0.39 is 18.0 Å². The molecule has 7 rings (SSSR count). The number of benzene rings is 2. The van der Waals surface area contributed by atoms with Gasteiger partial charge >= 0.3 is 5.97 Å². The van der Waals surface area contributed by atoms with Gasteiger partial charge in [0.2, 0.25) is 5.91 Å². The number of amides is 1. The van der Waals surface area contributed by atoms with Gasteiger partial charge in [0, 0.05) is 43.7 Å². The van der Waals surface area contributed by atoms with Crippen LogP contribution in [-0.2, 0) is 36.5 Å². The highest BCUT2D eigenvalue weighted by Crippen LogP contribution is 2.48. The summed E-state index contributed by atoms with van der Waals surface area (Å²) in [6.45, 7) is 6.43. The minimum absolute atomic E-state index is 0.00703. The molecule has 1 spiro atoms. The van der Waals surface area contributed by atoms with E-state index in [1.165, 1.54) is 37.5 Å². The number of methoxy groups -OCH3 is 1. The van der Waals surface area contributed by atoms with Crippen molar-refractivity contribution in [3.8, 4) is 5.75 Å². The average molecular weight is 720 g/mol. The predicted octanol–water partition coefficient (Wildman–Crippen LogP) is 5.88. The van der Waals surface area contributed by atoms with Crippen LogP contribution >= 0.6 is 11.6 Å². The van der Waals surface area contributed by atoms with Crippen molar-refractivity contribution in [1.29, 1.82) is 0 Å². The van der Waals surface area contributed by atoms with Gasteiger partial charge in [0.1, 0.15) is 5.75 Å². The zero-order chi connectivity index (χ0) is 35.6. The van der Waals surface area contributed by atoms with Gasteiger partial charge in [-0.1, -0.05) is 42.3 Å². The zero-order valence-corrected chi connectivity index (χ0v) is 31.0. The monoisotopic (exact) mass is 719 g/mol. The van der Waals surface area contributed by atoms with Crippen LogP contribution in [0, 0.1) is 11.8 Å². The molecule has 51 heavy (non-hydrogen) atoms. The minimum Gasteiger partial charge on any atom is -0.490 e. The van der Waals surface area contributed by atoms with Crippen LogP contribution in [0.5, 0.6) is 5.75 Å². The summed E-state index contributed by atoms with van der Waals surface area (Å²) < 4.78 is 18.6. The lowest BCUT2D eigenvalue weighted by Crippen LogP contribution is -2.50. The molecule has 2 bridgehead atoms. The number of ether oxygens (including phenoxy) is 3. The highest BCUT2D eigenvalue weighted by Gasteiger charge is 2.47. The number of aryl methyl sites for hydroxylation is 1. The predicted molar refractivity (Wildman–Crippen MR) is 198 cm³/mol. The van der Waals surface area contributed by atoms with Gasteiger partial charge in [0.15, 0.2) is 5.60 Å². The number of carbonyl (C=O) groups excluding carboxylic acids is 2. The maximum Gasteiger partial charge on any atom is 0.343 e. The fourth-order valence-corrected chi connectivity index (χ4v) is 9.36. The first-order chi connectivity index (χ1) is 24.7. The van der Waals surface area contributed by atoms with Gasteiger partial charge in [-0.25, -0.2) is 4.79 Å². The minimum atomic E-state index is -2.15. The number of anilines is 1. The van der Waals surface area contributed by atoms with Gasteiger partial charge in [-0.15, -0.1) is 0 Å². The first-order valence-corrected chi connectivity index (χ1v) is 19.4. The van der Waals surface area contributed by atoms with Crippen molar-refractivity contribution in [2.24, 2.45) is 11.8 Å². The van der Waals surface area contributed by atoms with Crippen LogP contribution in [0.25, 0.3) is 0 Å². The van der Waals surface area contributed by atoms with Gasteiger partial charge in [0.05, 0.1) is 38.5 Å². The molecule has 3 aliphatic heterocycles. The van der Waals surface area contributed by atoms with E-state index in [1.54, 1.807) is 18.0 Å². The van der Waals surface area contributed by atoms with Crippen LogP contribution in [0.2, 0.25) is 5.02 Å². The Balaban J connectivity index is 1.26. The second kappa shape index (κ2) is 15.5. The molecule has 10 heteroatoms. The standard InChI is InChI=1S/C41H54ClN3O6/c1-43-18-7-4-10-36(50-22-21-44-19-5-3-6-20-44)33-14-11-30(33)26-45-27-40(17-8-9-29-23-32(42)13-15-34(29)40)28-51-37-16-12-31(24-35(37)45)41(48,25-38(43)46)39(47)49-2/h4,10,12-13,15-16,23-24,30,33,36,48H,3,5-9,11,14,17-22,25-28H2,1-2H3/b10-4+/t30-,33+,36-,40-,41+/m0/s1. The molecule has 0 radical (unpaired) electrons. The van der Waals surface area contributed by atoms with E-state index in [1.807, 2.05) is 18.2 Å². The van der Waals surface area contributed by atoms with E-state index in [0.29, 0.717) is 49.3 Å². The third-order valence-corrected chi connectivity index (χ3v) is 12.6. The molecule has 2 aliphatic carbocycles. The molecule has 2 aromatic rings. The smallest absolute Gasteiger partial charge is 0.343 e. The Morgan fingerprint density at radius 1 is 1.08 bits per heavy atom. The number of halogens is 1. The number of rotatable bonds is 5. The molecular weight excluding hydrogens is 666 g/mol. The summed E-state index contributed by atoms with van der Waals surface area (Å²) in [5.74, 6) is 0.247. The van der Waals surface area contributed by atoms with E-state index in [4.69, 9.17) is 25.8 Å². The molecule has 3 heterocycles. The van der Waals surface area contributed by atoms with Crippen molar-refractivity contribution in [2.45, 2.75) is 81.3 Å². The number of fused-ring (bicyclic) bond motifs is 4. The summed E-state index contributed by atoms with van der Waals surface area (Å²) >= 11 is 6.49. The van der Waals surface area contributed by atoms with E-state index in [9.17, 15) is 14.7 Å². The van der Waals surface area contributed by atoms with Crippen LogP contribution in [0.3, 0.4) is 0 Å². The third-order valence-electron chi connectivity index (χ3n) is 12.3. The number of aliphatic hydroxyl groups is 1. The third kappa shape index (κ3) is 7.55. The van der Waals surface area contributed by atoms with Crippen LogP contribution < -0.4 is 9.64 Å². The van der Waals surface area contributed by atoms with Gasteiger partial charge in [0.25, 0.3) is 0 Å². The molecule has 1 amide bonds. The lowest BCUT2D eigenvalue weighted by Gasteiger charge is -2.46. The molecule has 1 N–H and O–H groups in total. The fraction of sp³-hybridized carbons (Fsp3) is 0.610. The lowest BCUT2D eigenvalue weighted by atomic mass is 9.68. The quantitative estimate of drug-likeness (QED) is 0.303. The maximum atomic E-state index is 13.6. The van der Waals surface area contributed by atoms with Gasteiger partial charge in [-0.3, -0.25) is 4.79 Å². The molecule has 2 fully saturated rings. The Hall–Kier alpha value is -3.11. The van der Waals surface area contributed by atoms with Gasteiger partial charge < -0.3 is 34.0 Å². The first kappa shape index (κ1) is 36.3.